The van der Waals surface area contributed by atoms with E-state index in [0.717, 1.165) is 17.7 Å². The second-order valence-electron chi connectivity index (χ2n) is 5.18. The first kappa shape index (κ1) is 14.6. The van der Waals surface area contributed by atoms with Crippen LogP contribution in [0.3, 0.4) is 0 Å². The van der Waals surface area contributed by atoms with Crippen molar-refractivity contribution in [2.45, 2.75) is 25.6 Å². The third kappa shape index (κ3) is 3.02. The zero-order valence-electron chi connectivity index (χ0n) is 11.2. The highest BCUT2D eigenvalue weighted by Gasteiger charge is 2.30. The van der Waals surface area contributed by atoms with Crippen LogP contribution in [0, 0.1) is 0 Å². The molecule has 1 nitrogen and oxygen atoms in total. The zero-order chi connectivity index (χ0) is 15.0. The minimum absolute atomic E-state index is 0.649. The fraction of sp³-hybridized carbons (Fsp3) is 0.250. The van der Waals surface area contributed by atoms with E-state index in [2.05, 4.69) is 0 Å². The molecule has 0 aliphatic carbocycles. The van der Waals surface area contributed by atoms with Crippen molar-refractivity contribution in [2.24, 2.45) is 0 Å². The first-order valence-electron chi connectivity index (χ1n) is 6.19. The first-order chi connectivity index (χ1) is 9.19. The van der Waals surface area contributed by atoms with Crippen LogP contribution < -0.4 is 0 Å². The van der Waals surface area contributed by atoms with Crippen LogP contribution in [0.1, 0.15) is 25.0 Å². The Morgan fingerprint density at radius 1 is 0.850 bits per heavy atom. The van der Waals surface area contributed by atoms with Crippen LogP contribution in [-0.4, -0.2) is 5.11 Å². The Morgan fingerprint density at radius 2 is 1.40 bits per heavy atom. The Balaban J connectivity index is 2.48. The summed E-state index contributed by atoms with van der Waals surface area (Å²) in [5.74, 6) is 0. The summed E-state index contributed by atoms with van der Waals surface area (Å²) in [5.41, 5.74) is 0.324. The molecule has 0 heterocycles. The third-order valence-electron chi connectivity index (χ3n) is 3.11. The largest absolute Gasteiger partial charge is 0.416 e. The smallest absolute Gasteiger partial charge is 0.386 e. The average molecular weight is 280 g/mol. The summed E-state index contributed by atoms with van der Waals surface area (Å²) < 4.78 is 37.7. The minimum Gasteiger partial charge on any atom is -0.386 e. The quantitative estimate of drug-likeness (QED) is 0.852. The van der Waals surface area contributed by atoms with Gasteiger partial charge in [-0.15, -0.1) is 0 Å². The van der Waals surface area contributed by atoms with E-state index in [1.165, 1.54) is 12.1 Å². The van der Waals surface area contributed by atoms with Crippen molar-refractivity contribution in [1.82, 2.24) is 0 Å². The molecule has 2 rings (SSSR count). The molecule has 0 radical (unpaired) electrons. The Bertz CT molecular complexity index is 592. The predicted molar refractivity (Wildman–Crippen MR) is 72.1 cm³/mol. The highest BCUT2D eigenvalue weighted by molar-refractivity contribution is 5.68. The van der Waals surface area contributed by atoms with Gasteiger partial charge in [0.05, 0.1) is 11.2 Å². The van der Waals surface area contributed by atoms with Gasteiger partial charge in [0.1, 0.15) is 0 Å². The van der Waals surface area contributed by atoms with Crippen molar-refractivity contribution in [3.63, 3.8) is 0 Å². The van der Waals surface area contributed by atoms with E-state index in [4.69, 9.17) is 0 Å². The number of halogens is 3. The van der Waals surface area contributed by atoms with Gasteiger partial charge in [-0.25, -0.2) is 0 Å². The van der Waals surface area contributed by atoms with Crippen LogP contribution >= 0.6 is 0 Å². The second-order valence-corrected chi connectivity index (χ2v) is 5.18. The van der Waals surface area contributed by atoms with Gasteiger partial charge in [-0.05, 0) is 42.7 Å². The molecule has 1 N–H and O–H groups in total. The molecule has 106 valence electrons. The van der Waals surface area contributed by atoms with Gasteiger partial charge >= 0.3 is 6.18 Å². The Hall–Kier alpha value is -1.81. The number of benzene rings is 2. The number of rotatable bonds is 2. The van der Waals surface area contributed by atoms with Gasteiger partial charge in [-0.3, -0.25) is 0 Å². The van der Waals surface area contributed by atoms with Crippen molar-refractivity contribution < 1.29 is 18.3 Å². The molecular formula is C16H15F3O. The van der Waals surface area contributed by atoms with Gasteiger partial charge in [0, 0.05) is 0 Å². The number of hydrogen-bond donors (Lipinski definition) is 1. The standard InChI is InChI=1S/C16H15F3O/c1-15(2,20)14-6-4-3-5-13(14)11-7-9-12(10-8-11)16(17,18)19/h3-10,20H,1-2H3. The zero-order valence-corrected chi connectivity index (χ0v) is 11.2. The third-order valence-corrected chi connectivity index (χ3v) is 3.11. The topological polar surface area (TPSA) is 20.2 Å². The lowest BCUT2D eigenvalue weighted by atomic mass is 9.89. The molecule has 0 aliphatic rings. The highest BCUT2D eigenvalue weighted by atomic mass is 19.4. The van der Waals surface area contributed by atoms with Gasteiger partial charge in [0.2, 0.25) is 0 Å². The van der Waals surface area contributed by atoms with Crippen molar-refractivity contribution in [1.29, 1.82) is 0 Å². The molecule has 0 fully saturated rings. The van der Waals surface area contributed by atoms with Crippen LogP contribution in [0.4, 0.5) is 13.2 Å². The average Bonchev–Trinajstić information content (AvgIpc) is 2.37. The number of aliphatic hydroxyl groups is 1. The van der Waals surface area contributed by atoms with E-state index < -0.39 is 17.3 Å². The molecule has 2 aromatic carbocycles. The summed E-state index contributed by atoms with van der Waals surface area (Å²) in [6, 6.07) is 12.1. The lowest BCUT2D eigenvalue weighted by molar-refractivity contribution is -0.137. The van der Waals surface area contributed by atoms with Crippen LogP contribution in [0.2, 0.25) is 0 Å². The Labute approximate surface area is 115 Å². The molecule has 20 heavy (non-hydrogen) atoms. The van der Waals surface area contributed by atoms with Crippen molar-refractivity contribution in [2.75, 3.05) is 0 Å². The number of hydrogen-bond acceptors (Lipinski definition) is 1. The molecule has 0 bridgehead atoms. The van der Waals surface area contributed by atoms with Crippen LogP contribution in [0.25, 0.3) is 11.1 Å². The van der Waals surface area contributed by atoms with Gasteiger partial charge in [0.15, 0.2) is 0 Å². The Morgan fingerprint density at radius 3 is 1.90 bits per heavy atom. The molecule has 0 unspecified atom stereocenters. The van der Waals surface area contributed by atoms with E-state index >= 15 is 0 Å². The predicted octanol–water partition coefficient (Wildman–Crippen LogP) is 4.60. The van der Waals surface area contributed by atoms with Crippen LogP contribution in [-0.2, 0) is 11.8 Å². The number of alkyl halides is 3. The minimum atomic E-state index is -4.34. The molecule has 0 atom stereocenters. The molecule has 0 saturated heterocycles. The molecule has 0 amide bonds. The van der Waals surface area contributed by atoms with Crippen molar-refractivity contribution in [3.8, 4) is 11.1 Å². The van der Waals surface area contributed by atoms with E-state index in [-0.39, 0.29) is 0 Å². The molecule has 0 saturated carbocycles. The molecule has 2 aromatic rings. The maximum atomic E-state index is 12.6. The summed E-state index contributed by atoms with van der Waals surface area (Å²) in [6.45, 7) is 3.30. The fourth-order valence-electron chi connectivity index (χ4n) is 2.11. The van der Waals surface area contributed by atoms with Crippen molar-refractivity contribution >= 4 is 0 Å². The first-order valence-corrected chi connectivity index (χ1v) is 6.19. The second kappa shape index (κ2) is 4.94. The summed E-state index contributed by atoms with van der Waals surface area (Å²) in [4.78, 5) is 0. The lowest BCUT2D eigenvalue weighted by Crippen LogP contribution is -2.16. The maximum Gasteiger partial charge on any atom is 0.416 e. The van der Waals surface area contributed by atoms with E-state index in [9.17, 15) is 18.3 Å². The SMILES string of the molecule is CC(C)(O)c1ccccc1-c1ccc(C(F)(F)F)cc1. The van der Waals surface area contributed by atoms with Gasteiger partial charge in [0.25, 0.3) is 0 Å². The van der Waals surface area contributed by atoms with Crippen LogP contribution in [0.15, 0.2) is 48.5 Å². The van der Waals surface area contributed by atoms with Gasteiger partial charge < -0.3 is 5.11 Å². The van der Waals surface area contributed by atoms with Gasteiger partial charge in [-0.2, -0.15) is 13.2 Å². The molecular weight excluding hydrogens is 265 g/mol. The van der Waals surface area contributed by atoms with E-state index in [1.54, 1.807) is 38.1 Å². The van der Waals surface area contributed by atoms with Crippen molar-refractivity contribution in [3.05, 3.63) is 59.7 Å². The van der Waals surface area contributed by atoms with Gasteiger partial charge in [-0.1, -0.05) is 36.4 Å². The van der Waals surface area contributed by atoms with E-state index in [0.29, 0.717) is 11.1 Å². The molecule has 0 aliphatic heterocycles. The van der Waals surface area contributed by atoms with Crippen LogP contribution in [0.5, 0.6) is 0 Å². The van der Waals surface area contributed by atoms with E-state index in [1.807, 2.05) is 0 Å². The monoisotopic (exact) mass is 280 g/mol. The fourth-order valence-corrected chi connectivity index (χ4v) is 2.11. The maximum absolute atomic E-state index is 12.6. The summed E-state index contributed by atoms with van der Waals surface area (Å²) in [5, 5.41) is 10.1. The molecule has 0 aromatic heterocycles. The summed E-state index contributed by atoms with van der Waals surface area (Å²) in [7, 11) is 0. The highest BCUT2D eigenvalue weighted by Crippen LogP contribution is 2.34. The normalized spacial score (nSPS) is 12.5. The lowest BCUT2D eigenvalue weighted by Gasteiger charge is -2.22. The molecule has 0 spiro atoms. The summed E-state index contributed by atoms with van der Waals surface area (Å²) in [6.07, 6.45) is -4.34. The Kier molecular flexibility index (Phi) is 3.61. The molecule has 4 heteroatoms. The summed E-state index contributed by atoms with van der Waals surface area (Å²) >= 11 is 0.